The largest absolute Gasteiger partial charge is 0.484 e. The first-order chi connectivity index (χ1) is 11.1. The zero-order valence-electron chi connectivity index (χ0n) is 13.2. The molecule has 120 valence electrons. The van der Waals surface area contributed by atoms with E-state index in [1.165, 1.54) is 24.0 Å². The van der Waals surface area contributed by atoms with Crippen LogP contribution in [0.1, 0.15) is 29.5 Å². The molecule has 0 saturated heterocycles. The highest BCUT2D eigenvalue weighted by Crippen LogP contribution is 2.28. The molecule has 0 heterocycles. The maximum absolute atomic E-state index is 12.2. The maximum Gasteiger partial charge on any atom is 0.262 e. The predicted molar refractivity (Wildman–Crippen MR) is 96.1 cm³/mol. The Labute approximate surface area is 145 Å². The monoisotopic (exact) mass is 373 g/mol. The quantitative estimate of drug-likeness (QED) is 0.846. The van der Waals surface area contributed by atoms with Gasteiger partial charge >= 0.3 is 0 Å². The molecule has 23 heavy (non-hydrogen) atoms. The molecule has 0 saturated carbocycles. The number of carbonyl (C=O) groups is 1. The second kappa shape index (κ2) is 7.18. The van der Waals surface area contributed by atoms with E-state index in [4.69, 9.17) is 4.74 Å². The van der Waals surface area contributed by atoms with E-state index >= 15 is 0 Å². The lowest BCUT2D eigenvalue weighted by Crippen LogP contribution is -2.21. The number of rotatable bonds is 4. The number of halogens is 1. The summed E-state index contributed by atoms with van der Waals surface area (Å²) in [5.74, 6) is 0.584. The van der Waals surface area contributed by atoms with Gasteiger partial charge in [-0.2, -0.15) is 0 Å². The number of amides is 1. The Bertz CT molecular complexity index is 727. The summed E-state index contributed by atoms with van der Waals surface area (Å²) in [6.07, 6.45) is 4.57. The summed E-state index contributed by atoms with van der Waals surface area (Å²) >= 11 is 3.45. The second-order valence-electron chi connectivity index (χ2n) is 5.90. The third kappa shape index (κ3) is 3.94. The van der Waals surface area contributed by atoms with Crippen molar-refractivity contribution in [1.82, 2.24) is 0 Å². The first-order valence-electron chi connectivity index (χ1n) is 7.93. The molecule has 1 aliphatic carbocycles. The highest BCUT2D eigenvalue weighted by Gasteiger charge is 2.14. The molecule has 0 unspecified atom stereocenters. The Hall–Kier alpha value is -1.81. The van der Waals surface area contributed by atoms with Gasteiger partial charge in [-0.25, -0.2) is 0 Å². The van der Waals surface area contributed by atoms with E-state index in [9.17, 15) is 4.79 Å². The van der Waals surface area contributed by atoms with Crippen LogP contribution >= 0.6 is 15.9 Å². The van der Waals surface area contributed by atoms with Crippen LogP contribution in [0.4, 0.5) is 5.69 Å². The molecule has 0 atom stereocenters. The van der Waals surface area contributed by atoms with Crippen molar-refractivity contribution in [3.8, 4) is 5.75 Å². The van der Waals surface area contributed by atoms with E-state index < -0.39 is 0 Å². The van der Waals surface area contributed by atoms with Gasteiger partial charge in [0.25, 0.3) is 5.91 Å². The van der Waals surface area contributed by atoms with E-state index in [2.05, 4.69) is 27.3 Å². The lowest BCUT2D eigenvalue weighted by atomic mass is 9.90. The Morgan fingerprint density at radius 1 is 1.22 bits per heavy atom. The summed E-state index contributed by atoms with van der Waals surface area (Å²) in [4.78, 5) is 12.2. The molecular formula is C19H20BrNO2. The standard InChI is InChI=1S/C19H20BrNO2/c1-13-11-15(9-10-17(13)20)23-12-19(22)21-18-8-4-6-14-5-2-3-7-16(14)18/h4,6,8-11H,2-3,5,7,12H2,1H3,(H,21,22). The molecule has 1 aliphatic rings. The summed E-state index contributed by atoms with van der Waals surface area (Å²) in [7, 11) is 0. The number of hydrogen-bond donors (Lipinski definition) is 1. The SMILES string of the molecule is Cc1cc(OCC(=O)Nc2cccc3c2CCCC3)ccc1Br. The fraction of sp³-hybridized carbons (Fsp3) is 0.316. The molecular weight excluding hydrogens is 354 g/mol. The fourth-order valence-corrected chi connectivity index (χ4v) is 3.19. The third-order valence-electron chi connectivity index (χ3n) is 4.17. The molecule has 0 aromatic heterocycles. The van der Waals surface area contributed by atoms with Gasteiger partial charge in [-0.1, -0.05) is 28.1 Å². The summed E-state index contributed by atoms with van der Waals surface area (Å²) < 4.78 is 6.62. The molecule has 2 aromatic carbocycles. The first-order valence-corrected chi connectivity index (χ1v) is 8.72. The van der Waals surface area contributed by atoms with Gasteiger partial charge in [0.05, 0.1) is 0 Å². The molecule has 4 heteroatoms. The summed E-state index contributed by atoms with van der Waals surface area (Å²) in [6.45, 7) is 2.01. The van der Waals surface area contributed by atoms with Crippen molar-refractivity contribution in [2.24, 2.45) is 0 Å². The van der Waals surface area contributed by atoms with Crippen molar-refractivity contribution < 1.29 is 9.53 Å². The summed E-state index contributed by atoms with van der Waals surface area (Å²) in [5.41, 5.74) is 4.66. The molecule has 1 amide bonds. The van der Waals surface area contributed by atoms with Gasteiger partial charge in [0, 0.05) is 10.2 Å². The zero-order valence-corrected chi connectivity index (χ0v) is 14.8. The highest BCUT2D eigenvalue weighted by atomic mass is 79.9. The van der Waals surface area contributed by atoms with Gasteiger partial charge in [-0.15, -0.1) is 0 Å². The van der Waals surface area contributed by atoms with E-state index in [-0.39, 0.29) is 12.5 Å². The maximum atomic E-state index is 12.2. The highest BCUT2D eigenvalue weighted by molar-refractivity contribution is 9.10. The van der Waals surface area contributed by atoms with Crippen LogP contribution in [0.15, 0.2) is 40.9 Å². The number of ether oxygens (including phenoxy) is 1. The van der Waals surface area contributed by atoms with Crippen molar-refractivity contribution in [3.63, 3.8) is 0 Å². The van der Waals surface area contributed by atoms with E-state index in [0.29, 0.717) is 5.75 Å². The van der Waals surface area contributed by atoms with Gasteiger partial charge in [-0.3, -0.25) is 4.79 Å². The third-order valence-corrected chi connectivity index (χ3v) is 5.06. The van der Waals surface area contributed by atoms with Crippen molar-refractivity contribution >= 4 is 27.5 Å². The smallest absolute Gasteiger partial charge is 0.262 e. The van der Waals surface area contributed by atoms with Gasteiger partial charge in [-0.05, 0) is 73.6 Å². The van der Waals surface area contributed by atoms with Crippen molar-refractivity contribution in [2.45, 2.75) is 32.6 Å². The van der Waals surface area contributed by atoms with Crippen LogP contribution in [0.2, 0.25) is 0 Å². The van der Waals surface area contributed by atoms with Crippen LogP contribution in [-0.2, 0) is 17.6 Å². The van der Waals surface area contributed by atoms with Gasteiger partial charge in [0.1, 0.15) is 5.75 Å². The first kappa shape index (κ1) is 16.1. The average Bonchev–Trinajstić information content (AvgIpc) is 2.56. The van der Waals surface area contributed by atoms with Crippen LogP contribution in [0, 0.1) is 6.92 Å². The number of fused-ring (bicyclic) bond motifs is 1. The van der Waals surface area contributed by atoms with Crippen LogP contribution in [0.3, 0.4) is 0 Å². The van der Waals surface area contributed by atoms with Crippen molar-refractivity contribution in [1.29, 1.82) is 0 Å². The normalized spacial score (nSPS) is 13.3. The molecule has 0 bridgehead atoms. The van der Waals surface area contributed by atoms with Crippen molar-refractivity contribution in [3.05, 3.63) is 57.6 Å². The predicted octanol–water partition coefficient (Wildman–Crippen LogP) is 4.65. The van der Waals surface area contributed by atoms with E-state index in [1.54, 1.807) is 0 Å². The van der Waals surface area contributed by atoms with Gasteiger partial charge < -0.3 is 10.1 Å². The molecule has 3 nitrogen and oxygen atoms in total. The van der Waals surface area contributed by atoms with Crippen molar-refractivity contribution in [2.75, 3.05) is 11.9 Å². The average molecular weight is 374 g/mol. The molecule has 0 spiro atoms. The fourth-order valence-electron chi connectivity index (χ4n) is 2.94. The molecule has 0 radical (unpaired) electrons. The van der Waals surface area contributed by atoms with Crippen LogP contribution < -0.4 is 10.1 Å². The minimum Gasteiger partial charge on any atom is -0.484 e. The number of benzene rings is 2. The molecule has 1 N–H and O–H groups in total. The van der Waals surface area contributed by atoms with Crippen LogP contribution in [-0.4, -0.2) is 12.5 Å². The second-order valence-corrected chi connectivity index (χ2v) is 6.75. The Morgan fingerprint density at radius 2 is 2.04 bits per heavy atom. The number of nitrogens with one attached hydrogen (secondary N) is 1. The van der Waals surface area contributed by atoms with Gasteiger partial charge in [0.2, 0.25) is 0 Å². The number of carbonyl (C=O) groups excluding carboxylic acids is 1. The summed E-state index contributed by atoms with van der Waals surface area (Å²) in [5, 5.41) is 2.99. The van der Waals surface area contributed by atoms with Gasteiger partial charge in [0.15, 0.2) is 6.61 Å². The molecule has 0 aliphatic heterocycles. The lowest BCUT2D eigenvalue weighted by molar-refractivity contribution is -0.118. The Kier molecular flexibility index (Phi) is 5.01. The summed E-state index contributed by atoms with van der Waals surface area (Å²) in [6, 6.07) is 11.8. The van der Waals surface area contributed by atoms with Crippen LogP contribution in [0.25, 0.3) is 0 Å². The number of anilines is 1. The minimum absolute atomic E-state index is 0.0186. The zero-order chi connectivity index (χ0) is 16.2. The van der Waals surface area contributed by atoms with E-state index in [0.717, 1.165) is 28.6 Å². The molecule has 2 aromatic rings. The number of aryl methyl sites for hydroxylation is 2. The molecule has 0 fully saturated rings. The molecule has 3 rings (SSSR count). The number of hydrogen-bond acceptors (Lipinski definition) is 2. The minimum atomic E-state index is -0.121. The Balaban J connectivity index is 1.62. The van der Waals surface area contributed by atoms with Crippen LogP contribution in [0.5, 0.6) is 5.75 Å². The Morgan fingerprint density at radius 3 is 2.87 bits per heavy atom. The van der Waals surface area contributed by atoms with E-state index in [1.807, 2.05) is 37.3 Å². The topological polar surface area (TPSA) is 38.3 Å². The lowest BCUT2D eigenvalue weighted by Gasteiger charge is -2.19.